The Morgan fingerprint density at radius 2 is 2.00 bits per heavy atom. The summed E-state index contributed by atoms with van der Waals surface area (Å²) in [5, 5.41) is 14.4. The number of nitrogens with one attached hydrogen (secondary N) is 1. The lowest BCUT2D eigenvalue weighted by Gasteiger charge is -2.22. The van der Waals surface area contributed by atoms with Gasteiger partial charge in [-0.2, -0.15) is 5.21 Å². The standard InChI is InChI=1S/C16H22N4O/c1-4-5-14(12(3)21)15(16-17-19-20-18-16)10-13-8-6-11(2)7-9-13/h6-9,14-15H,4-5,10H2,1-3H3,(H,17,18,19,20)/t14-,15+/m1/s1. The minimum Gasteiger partial charge on any atom is -0.300 e. The third kappa shape index (κ3) is 3.97. The summed E-state index contributed by atoms with van der Waals surface area (Å²) < 4.78 is 0. The fraction of sp³-hybridized carbons (Fsp3) is 0.500. The van der Waals surface area contributed by atoms with Crippen LogP contribution in [0.25, 0.3) is 0 Å². The topological polar surface area (TPSA) is 71.5 Å². The SMILES string of the molecule is CCC[C@H](C(C)=O)[C@H](Cc1ccc(C)cc1)c1nn[nH]n1. The Bertz CT molecular complexity index is 562. The van der Waals surface area contributed by atoms with Crippen LogP contribution in [0.4, 0.5) is 0 Å². The number of hydrogen-bond acceptors (Lipinski definition) is 4. The highest BCUT2D eigenvalue weighted by Crippen LogP contribution is 2.30. The van der Waals surface area contributed by atoms with Gasteiger partial charge in [0.25, 0.3) is 0 Å². The number of hydrogen-bond donors (Lipinski definition) is 1. The molecule has 0 fully saturated rings. The fourth-order valence-electron chi connectivity index (χ4n) is 2.72. The second-order valence-electron chi connectivity index (χ2n) is 5.57. The maximum absolute atomic E-state index is 12.0. The molecule has 1 N–H and O–H groups in total. The lowest BCUT2D eigenvalue weighted by Crippen LogP contribution is -2.23. The predicted octanol–water partition coefficient (Wildman–Crippen LogP) is 2.84. The van der Waals surface area contributed by atoms with Gasteiger partial charge in [-0.1, -0.05) is 48.4 Å². The largest absolute Gasteiger partial charge is 0.300 e. The highest BCUT2D eigenvalue weighted by molar-refractivity contribution is 5.79. The van der Waals surface area contributed by atoms with Gasteiger partial charge in [-0.05, 0) is 32.3 Å². The smallest absolute Gasteiger partial charge is 0.178 e. The summed E-state index contributed by atoms with van der Waals surface area (Å²) >= 11 is 0. The second kappa shape index (κ2) is 7.11. The first-order valence-corrected chi connectivity index (χ1v) is 7.41. The minimum atomic E-state index is -0.0612. The Hall–Kier alpha value is -2.04. The van der Waals surface area contributed by atoms with Crippen molar-refractivity contribution in [1.29, 1.82) is 0 Å². The maximum Gasteiger partial charge on any atom is 0.178 e. The van der Waals surface area contributed by atoms with E-state index >= 15 is 0 Å². The molecule has 5 nitrogen and oxygen atoms in total. The van der Waals surface area contributed by atoms with E-state index in [1.54, 1.807) is 6.92 Å². The number of benzene rings is 1. The van der Waals surface area contributed by atoms with Crippen LogP contribution >= 0.6 is 0 Å². The van der Waals surface area contributed by atoms with E-state index in [4.69, 9.17) is 0 Å². The van der Waals surface area contributed by atoms with E-state index in [-0.39, 0.29) is 17.6 Å². The van der Waals surface area contributed by atoms with Gasteiger partial charge in [0, 0.05) is 11.8 Å². The molecule has 2 atom stereocenters. The number of aromatic amines is 1. The number of carbonyl (C=O) groups is 1. The van der Waals surface area contributed by atoms with Gasteiger partial charge >= 0.3 is 0 Å². The van der Waals surface area contributed by atoms with E-state index in [1.807, 2.05) is 0 Å². The highest BCUT2D eigenvalue weighted by atomic mass is 16.1. The van der Waals surface area contributed by atoms with Crippen LogP contribution in [0.1, 0.15) is 49.6 Å². The van der Waals surface area contributed by atoms with Crippen molar-refractivity contribution in [1.82, 2.24) is 20.6 Å². The van der Waals surface area contributed by atoms with Crippen molar-refractivity contribution in [2.24, 2.45) is 5.92 Å². The van der Waals surface area contributed by atoms with Gasteiger partial charge < -0.3 is 0 Å². The quantitative estimate of drug-likeness (QED) is 0.849. The summed E-state index contributed by atoms with van der Waals surface area (Å²) in [5.74, 6) is 0.737. The van der Waals surface area contributed by atoms with E-state index in [2.05, 4.69) is 58.7 Å². The molecule has 21 heavy (non-hydrogen) atoms. The molecule has 1 heterocycles. The molecule has 1 aromatic heterocycles. The van der Waals surface area contributed by atoms with Crippen molar-refractivity contribution in [3.63, 3.8) is 0 Å². The predicted molar refractivity (Wildman–Crippen MR) is 80.9 cm³/mol. The van der Waals surface area contributed by atoms with Crippen LogP contribution < -0.4 is 0 Å². The Labute approximate surface area is 125 Å². The van der Waals surface area contributed by atoms with Crippen molar-refractivity contribution in [3.8, 4) is 0 Å². The average Bonchev–Trinajstić information content (AvgIpc) is 2.98. The number of Topliss-reactive ketones (excluding diaryl/α,β-unsaturated/α-hetero) is 1. The first kappa shape index (κ1) is 15.4. The van der Waals surface area contributed by atoms with E-state index in [0.29, 0.717) is 5.82 Å². The molecular weight excluding hydrogens is 264 g/mol. The third-order valence-corrected chi connectivity index (χ3v) is 3.88. The van der Waals surface area contributed by atoms with Crippen LogP contribution in [0.5, 0.6) is 0 Å². The summed E-state index contributed by atoms with van der Waals surface area (Å²) in [6.07, 6.45) is 2.57. The number of nitrogens with zero attached hydrogens (tertiary/aromatic N) is 3. The number of aromatic nitrogens is 4. The molecule has 0 radical (unpaired) electrons. The number of ketones is 1. The Morgan fingerprint density at radius 1 is 1.29 bits per heavy atom. The molecule has 0 amide bonds. The Balaban J connectivity index is 2.27. The molecule has 5 heteroatoms. The number of carbonyl (C=O) groups excluding carboxylic acids is 1. The molecule has 112 valence electrons. The molecule has 0 aliphatic heterocycles. The minimum absolute atomic E-state index is 0.0242. The van der Waals surface area contributed by atoms with Crippen molar-refractivity contribution < 1.29 is 4.79 Å². The Morgan fingerprint density at radius 3 is 2.52 bits per heavy atom. The molecule has 0 aliphatic rings. The van der Waals surface area contributed by atoms with Gasteiger partial charge in [-0.15, -0.1) is 10.2 Å². The number of rotatable bonds is 7. The summed E-state index contributed by atoms with van der Waals surface area (Å²) in [6, 6.07) is 8.38. The van der Waals surface area contributed by atoms with Crippen molar-refractivity contribution in [2.45, 2.75) is 46.0 Å². The lowest BCUT2D eigenvalue weighted by atomic mass is 9.81. The van der Waals surface area contributed by atoms with Gasteiger partial charge in [-0.3, -0.25) is 4.79 Å². The summed E-state index contributed by atoms with van der Waals surface area (Å²) in [6.45, 7) is 5.81. The van der Waals surface area contributed by atoms with Crippen LogP contribution in [0.3, 0.4) is 0 Å². The average molecular weight is 286 g/mol. The van der Waals surface area contributed by atoms with Crippen molar-refractivity contribution >= 4 is 5.78 Å². The van der Waals surface area contributed by atoms with Crippen molar-refractivity contribution in [3.05, 3.63) is 41.2 Å². The first-order chi connectivity index (χ1) is 10.1. The van der Waals surface area contributed by atoms with E-state index in [9.17, 15) is 4.79 Å². The number of tetrazole rings is 1. The van der Waals surface area contributed by atoms with Crippen molar-refractivity contribution in [2.75, 3.05) is 0 Å². The molecule has 2 aromatic rings. The van der Waals surface area contributed by atoms with Crippen LogP contribution in [0.2, 0.25) is 0 Å². The molecule has 0 aliphatic carbocycles. The zero-order valence-corrected chi connectivity index (χ0v) is 12.8. The first-order valence-electron chi connectivity index (χ1n) is 7.41. The summed E-state index contributed by atoms with van der Waals surface area (Å²) in [4.78, 5) is 12.0. The van der Waals surface area contributed by atoms with E-state index < -0.39 is 0 Å². The number of aryl methyl sites for hydroxylation is 1. The molecular formula is C16H22N4O. The van der Waals surface area contributed by atoms with Crippen LogP contribution in [-0.4, -0.2) is 26.4 Å². The van der Waals surface area contributed by atoms with Crippen LogP contribution in [-0.2, 0) is 11.2 Å². The maximum atomic E-state index is 12.0. The summed E-state index contributed by atoms with van der Waals surface area (Å²) in [5.41, 5.74) is 2.42. The zero-order valence-electron chi connectivity index (χ0n) is 12.8. The molecule has 0 bridgehead atoms. The highest BCUT2D eigenvalue weighted by Gasteiger charge is 2.29. The molecule has 2 rings (SSSR count). The molecule has 0 unspecified atom stereocenters. The van der Waals surface area contributed by atoms with Gasteiger partial charge in [0.2, 0.25) is 0 Å². The molecule has 0 saturated carbocycles. The monoisotopic (exact) mass is 286 g/mol. The van der Waals surface area contributed by atoms with E-state index in [0.717, 1.165) is 19.3 Å². The van der Waals surface area contributed by atoms with Crippen LogP contribution in [0, 0.1) is 12.8 Å². The molecule has 0 saturated heterocycles. The normalized spacial score (nSPS) is 13.9. The lowest BCUT2D eigenvalue weighted by molar-refractivity contribution is -0.121. The fourth-order valence-corrected chi connectivity index (χ4v) is 2.72. The Kier molecular flexibility index (Phi) is 5.20. The molecule has 0 spiro atoms. The van der Waals surface area contributed by atoms with E-state index in [1.165, 1.54) is 11.1 Å². The van der Waals surface area contributed by atoms with Gasteiger partial charge in [0.05, 0.1) is 0 Å². The van der Waals surface area contributed by atoms with Gasteiger partial charge in [-0.25, -0.2) is 0 Å². The second-order valence-corrected chi connectivity index (χ2v) is 5.57. The van der Waals surface area contributed by atoms with Crippen LogP contribution in [0.15, 0.2) is 24.3 Å². The number of H-pyrrole nitrogens is 1. The zero-order chi connectivity index (χ0) is 15.2. The van der Waals surface area contributed by atoms with Gasteiger partial charge in [0.15, 0.2) is 5.82 Å². The summed E-state index contributed by atoms with van der Waals surface area (Å²) in [7, 11) is 0. The molecule has 1 aromatic carbocycles. The third-order valence-electron chi connectivity index (χ3n) is 3.88. The van der Waals surface area contributed by atoms with Gasteiger partial charge in [0.1, 0.15) is 5.78 Å².